The number of aliphatic imine (C=N–C) groups is 1. The van der Waals surface area contributed by atoms with Crippen LogP contribution in [-0.2, 0) is 6.61 Å². The monoisotopic (exact) mass is 462 g/mol. The summed E-state index contributed by atoms with van der Waals surface area (Å²) < 4.78 is 19.9. The first kappa shape index (κ1) is 21.7. The molecule has 1 atom stereocenters. The van der Waals surface area contributed by atoms with E-state index in [1.807, 2.05) is 6.07 Å². The van der Waals surface area contributed by atoms with Crippen LogP contribution in [0.5, 0.6) is 5.75 Å². The van der Waals surface area contributed by atoms with Gasteiger partial charge in [0.05, 0.1) is 10.7 Å². The molecule has 1 unspecified atom stereocenters. The van der Waals surface area contributed by atoms with Crippen LogP contribution in [-0.4, -0.2) is 10.9 Å². The number of nitrogens with two attached hydrogens (primary N) is 2. The Hall–Kier alpha value is -4.54. The molecule has 11 heteroatoms. The van der Waals surface area contributed by atoms with Crippen LogP contribution in [0.15, 0.2) is 47.5 Å². The van der Waals surface area contributed by atoms with E-state index in [4.69, 9.17) is 33.1 Å². The van der Waals surface area contributed by atoms with Crippen molar-refractivity contribution in [3.05, 3.63) is 75.6 Å². The van der Waals surface area contributed by atoms with Crippen LogP contribution in [0.25, 0.3) is 0 Å². The van der Waals surface area contributed by atoms with Gasteiger partial charge in [-0.2, -0.15) is 10.5 Å². The van der Waals surface area contributed by atoms with E-state index < -0.39 is 11.9 Å². The number of nitriles is 2. The number of hydrogen-bond acceptors (Lipinski definition) is 9. The number of halogens is 2. The molecule has 0 radical (unpaired) electrons. The number of pyridine rings is 1. The van der Waals surface area contributed by atoms with Crippen molar-refractivity contribution in [1.82, 2.24) is 10.3 Å². The first-order valence-corrected chi connectivity index (χ1v) is 9.95. The Morgan fingerprint density at radius 2 is 2.00 bits per heavy atom. The fourth-order valence-corrected chi connectivity index (χ4v) is 3.61. The van der Waals surface area contributed by atoms with Crippen LogP contribution < -0.4 is 26.8 Å². The van der Waals surface area contributed by atoms with E-state index >= 15 is 0 Å². The van der Waals surface area contributed by atoms with Crippen molar-refractivity contribution in [2.24, 2.45) is 4.99 Å². The molecule has 0 aliphatic carbocycles. The zero-order valence-electron chi connectivity index (χ0n) is 16.9. The number of guanidine groups is 1. The van der Waals surface area contributed by atoms with Crippen LogP contribution >= 0.6 is 11.6 Å². The molecule has 164 valence electrons. The summed E-state index contributed by atoms with van der Waals surface area (Å²) in [6.07, 6.45) is 1.79. The zero-order valence-corrected chi connectivity index (χ0v) is 17.7. The first-order chi connectivity index (χ1) is 15.9. The van der Waals surface area contributed by atoms with E-state index in [1.54, 1.807) is 42.6 Å². The smallest absolute Gasteiger partial charge is 0.211 e. The standard InChI is InChI=1S/C22H16ClFN8O/c23-15-6-2-4-12(17(15)24)9-33-13-5-1-3-11(7-13)19-16-18(27)14(8-25)20(28)31-21(16)32-22(30-19)29-10-26/h1-7,19H,9H2,(H6,27,28,29,30,31,32). The van der Waals surface area contributed by atoms with E-state index in [0.29, 0.717) is 22.4 Å². The van der Waals surface area contributed by atoms with Crippen LogP contribution in [0.3, 0.4) is 0 Å². The lowest BCUT2D eigenvalue weighted by Gasteiger charge is -2.26. The minimum atomic E-state index is -0.719. The Morgan fingerprint density at radius 1 is 1.21 bits per heavy atom. The highest BCUT2D eigenvalue weighted by molar-refractivity contribution is 6.30. The van der Waals surface area contributed by atoms with Gasteiger partial charge in [0.1, 0.15) is 47.5 Å². The third-order valence-electron chi connectivity index (χ3n) is 4.96. The van der Waals surface area contributed by atoms with Crippen molar-refractivity contribution in [1.29, 1.82) is 10.5 Å². The average molecular weight is 463 g/mol. The highest BCUT2D eigenvalue weighted by atomic mass is 35.5. The Balaban J connectivity index is 1.72. The second kappa shape index (κ2) is 8.91. The molecular weight excluding hydrogens is 447 g/mol. The molecule has 2 aromatic carbocycles. The lowest BCUT2D eigenvalue weighted by atomic mass is 9.95. The number of nitrogens with one attached hydrogen (secondary N) is 2. The Kier molecular flexibility index (Phi) is 5.85. The molecule has 0 amide bonds. The number of rotatable bonds is 4. The minimum Gasteiger partial charge on any atom is -0.489 e. The Labute approximate surface area is 193 Å². The third kappa shape index (κ3) is 4.15. The molecule has 33 heavy (non-hydrogen) atoms. The molecule has 6 N–H and O–H groups in total. The number of nitrogen functional groups attached to an aromatic ring is 2. The van der Waals surface area contributed by atoms with Gasteiger partial charge < -0.3 is 21.5 Å². The summed E-state index contributed by atoms with van der Waals surface area (Å²) >= 11 is 5.83. The molecular formula is C22H16ClFN8O. The molecule has 1 aliphatic rings. The van der Waals surface area contributed by atoms with Crippen molar-refractivity contribution < 1.29 is 9.13 Å². The van der Waals surface area contributed by atoms with Crippen molar-refractivity contribution >= 4 is 34.9 Å². The lowest BCUT2D eigenvalue weighted by Crippen LogP contribution is -2.32. The second-order valence-electron chi connectivity index (χ2n) is 6.98. The van der Waals surface area contributed by atoms with Crippen LogP contribution in [0.2, 0.25) is 5.02 Å². The number of anilines is 3. The molecule has 9 nitrogen and oxygen atoms in total. The topological polar surface area (TPSA) is 158 Å². The van der Waals surface area contributed by atoms with E-state index in [2.05, 4.69) is 20.6 Å². The van der Waals surface area contributed by atoms with E-state index in [0.717, 1.165) is 0 Å². The zero-order chi connectivity index (χ0) is 23.5. The van der Waals surface area contributed by atoms with Gasteiger partial charge in [0.15, 0.2) is 6.19 Å². The first-order valence-electron chi connectivity index (χ1n) is 9.57. The number of hydrogen-bond donors (Lipinski definition) is 4. The van der Waals surface area contributed by atoms with Crippen LogP contribution in [0, 0.1) is 28.6 Å². The number of benzene rings is 2. The van der Waals surface area contributed by atoms with Crippen molar-refractivity contribution in [2.75, 3.05) is 16.8 Å². The second-order valence-corrected chi connectivity index (χ2v) is 7.38. The van der Waals surface area contributed by atoms with Gasteiger partial charge in [0, 0.05) is 11.1 Å². The molecule has 1 aromatic heterocycles. The van der Waals surface area contributed by atoms with E-state index in [9.17, 15) is 9.65 Å². The van der Waals surface area contributed by atoms with Crippen LogP contribution in [0.1, 0.15) is 28.3 Å². The van der Waals surface area contributed by atoms with E-state index in [1.165, 1.54) is 6.07 Å². The SMILES string of the molecule is N#CNC1=NC(c2cccc(OCc3cccc(Cl)c3F)c2)c2c(nc(N)c(C#N)c2N)N1. The van der Waals surface area contributed by atoms with Gasteiger partial charge in [0.2, 0.25) is 5.96 Å². The van der Waals surface area contributed by atoms with Gasteiger partial charge in [-0.05, 0) is 23.8 Å². The van der Waals surface area contributed by atoms with Gasteiger partial charge in [0.25, 0.3) is 0 Å². The Morgan fingerprint density at radius 3 is 2.76 bits per heavy atom. The quantitative estimate of drug-likeness (QED) is 0.339. The van der Waals surface area contributed by atoms with E-state index in [-0.39, 0.29) is 40.5 Å². The summed E-state index contributed by atoms with van der Waals surface area (Å²) in [5.41, 5.74) is 13.7. The van der Waals surface area contributed by atoms with Crippen molar-refractivity contribution in [3.63, 3.8) is 0 Å². The molecule has 0 saturated heterocycles. The van der Waals surface area contributed by atoms with Gasteiger partial charge in [-0.25, -0.2) is 14.4 Å². The molecule has 0 bridgehead atoms. The highest BCUT2D eigenvalue weighted by Gasteiger charge is 2.29. The van der Waals surface area contributed by atoms with Crippen molar-refractivity contribution in [3.8, 4) is 18.0 Å². The van der Waals surface area contributed by atoms with Crippen LogP contribution in [0.4, 0.5) is 21.7 Å². The predicted molar refractivity (Wildman–Crippen MR) is 122 cm³/mol. The number of nitrogens with zero attached hydrogens (tertiary/aromatic N) is 4. The van der Waals surface area contributed by atoms with Gasteiger partial charge in [-0.3, -0.25) is 5.32 Å². The fourth-order valence-electron chi connectivity index (χ4n) is 3.42. The summed E-state index contributed by atoms with van der Waals surface area (Å²) in [6, 6.07) is 12.8. The maximum absolute atomic E-state index is 14.2. The maximum Gasteiger partial charge on any atom is 0.211 e. The molecule has 3 aromatic rings. The number of ether oxygens (including phenoxy) is 1. The van der Waals surface area contributed by atoms with Crippen molar-refractivity contribution in [2.45, 2.75) is 12.6 Å². The summed E-state index contributed by atoms with van der Waals surface area (Å²) in [5.74, 6) is 0.269. The molecule has 0 saturated carbocycles. The summed E-state index contributed by atoms with van der Waals surface area (Å²) in [4.78, 5) is 8.72. The maximum atomic E-state index is 14.2. The lowest BCUT2D eigenvalue weighted by molar-refractivity contribution is 0.299. The number of aromatic nitrogens is 1. The van der Waals surface area contributed by atoms with Gasteiger partial charge in [-0.1, -0.05) is 35.9 Å². The Bertz CT molecular complexity index is 1360. The summed E-state index contributed by atoms with van der Waals surface area (Å²) in [7, 11) is 0. The van der Waals surface area contributed by atoms with Gasteiger partial charge in [-0.15, -0.1) is 0 Å². The molecule has 2 heterocycles. The predicted octanol–water partition coefficient (Wildman–Crippen LogP) is 3.43. The molecule has 0 spiro atoms. The number of fused-ring (bicyclic) bond motifs is 1. The third-order valence-corrected chi connectivity index (χ3v) is 5.25. The fraction of sp³-hybridized carbons (Fsp3) is 0.0909. The molecule has 0 fully saturated rings. The summed E-state index contributed by atoms with van der Waals surface area (Å²) in [6.45, 7) is -0.0397. The minimum absolute atomic E-state index is 0.0126. The largest absolute Gasteiger partial charge is 0.489 e. The highest BCUT2D eigenvalue weighted by Crippen LogP contribution is 2.41. The molecule has 4 rings (SSSR count). The molecule has 1 aliphatic heterocycles. The normalized spacial score (nSPS) is 14.2. The average Bonchev–Trinajstić information content (AvgIpc) is 2.80. The van der Waals surface area contributed by atoms with Gasteiger partial charge >= 0.3 is 0 Å². The summed E-state index contributed by atoms with van der Waals surface area (Å²) in [5, 5.41) is 23.8.